The van der Waals surface area contributed by atoms with Gasteiger partial charge in [0.1, 0.15) is 0 Å². The molecular weight excluding hydrogens is 238 g/mol. The van der Waals surface area contributed by atoms with Gasteiger partial charge in [0, 0.05) is 19.7 Å². The summed E-state index contributed by atoms with van der Waals surface area (Å²) in [5.74, 6) is 0.829. The molecule has 0 amide bonds. The van der Waals surface area contributed by atoms with Crippen LogP contribution in [-0.4, -0.2) is 32.3 Å². The van der Waals surface area contributed by atoms with Gasteiger partial charge in [0.25, 0.3) is 0 Å². The van der Waals surface area contributed by atoms with E-state index >= 15 is 0 Å². The lowest BCUT2D eigenvalue weighted by Crippen LogP contribution is -2.43. The fourth-order valence-electron chi connectivity index (χ4n) is 1.80. The van der Waals surface area contributed by atoms with Crippen LogP contribution in [0.1, 0.15) is 25.0 Å². The van der Waals surface area contributed by atoms with E-state index in [1.54, 1.807) is 7.11 Å². The zero-order valence-electron chi connectivity index (χ0n) is 12.4. The van der Waals surface area contributed by atoms with Crippen LogP contribution in [0.5, 0.6) is 0 Å². The number of aryl methyl sites for hydroxylation is 1. The van der Waals surface area contributed by atoms with E-state index in [1.165, 1.54) is 11.1 Å². The molecule has 0 saturated carbocycles. The fourth-order valence-corrected chi connectivity index (χ4v) is 1.80. The highest BCUT2D eigenvalue weighted by Gasteiger charge is 2.04. The number of hydrogen-bond acceptors (Lipinski definition) is 2. The normalized spacial score (nSPS) is 13.2. The van der Waals surface area contributed by atoms with E-state index in [0.29, 0.717) is 13.2 Å². The van der Waals surface area contributed by atoms with Crippen molar-refractivity contribution in [1.82, 2.24) is 10.6 Å². The molecule has 0 aliphatic heterocycles. The van der Waals surface area contributed by atoms with Crippen LogP contribution in [0.3, 0.4) is 0 Å². The van der Waals surface area contributed by atoms with Crippen molar-refractivity contribution in [3.05, 3.63) is 35.4 Å². The Hall–Kier alpha value is -1.55. The zero-order chi connectivity index (χ0) is 14.1. The number of nitrogens with zero attached hydrogens (tertiary/aromatic N) is 1. The van der Waals surface area contributed by atoms with Gasteiger partial charge in [0.15, 0.2) is 5.96 Å². The SMILES string of the molecule is CCNC(=NCc1ccccc1C)NC(C)COC. The highest BCUT2D eigenvalue weighted by molar-refractivity contribution is 5.80. The van der Waals surface area contributed by atoms with Gasteiger partial charge in [-0.2, -0.15) is 0 Å². The molecule has 1 rings (SSSR count). The van der Waals surface area contributed by atoms with Crippen molar-refractivity contribution in [2.75, 3.05) is 20.3 Å². The van der Waals surface area contributed by atoms with Crippen LogP contribution in [0.25, 0.3) is 0 Å². The standard InChI is InChI=1S/C15H25N3O/c1-5-16-15(18-13(3)11-19-4)17-10-14-9-7-6-8-12(14)2/h6-9,13H,5,10-11H2,1-4H3,(H2,16,17,18). The third kappa shape index (κ3) is 5.75. The topological polar surface area (TPSA) is 45.7 Å². The summed E-state index contributed by atoms with van der Waals surface area (Å²) in [5.41, 5.74) is 2.52. The van der Waals surface area contributed by atoms with E-state index in [4.69, 9.17) is 4.74 Å². The Bertz CT molecular complexity index is 404. The van der Waals surface area contributed by atoms with Gasteiger partial charge < -0.3 is 15.4 Å². The Labute approximate surface area is 116 Å². The molecule has 4 heteroatoms. The van der Waals surface area contributed by atoms with E-state index in [2.05, 4.69) is 48.5 Å². The quantitative estimate of drug-likeness (QED) is 0.610. The molecule has 0 radical (unpaired) electrons. The summed E-state index contributed by atoms with van der Waals surface area (Å²) < 4.78 is 5.12. The number of benzene rings is 1. The van der Waals surface area contributed by atoms with Gasteiger partial charge in [0.05, 0.1) is 13.2 Å². The summed E-state index contributed by atoms with van der Waals surface area (Å²) in [6, 6.07) is 8.55. The minimum absolute atomic E-state index is 0.236. The molecule has 0 spiro atoms. The molecule has 0 saturated heterocycles. The third-order valence-electron chi connectivity index (χ3n) is 2.81. The first-order valence-corrected chi connectivity index (χ1v) is 6.75. The maximum absolute atomic E-state index is 5.12. The minimum Gasteiger partial charge on any atom is -0.383 e. The maximum atomic E-state index is 5.12. The Morgan fingerprint density at radius 1 is 1.37 bits per heavy atom. The Kier molecular flexibility index (Phi) is 6.97. The first-order valence-electron chi connectivity index (χ1n) is 6.75. The number of aliphatic imine (C=N–C) groups is 1. The van der Waals surface area contributed by atoms with E-state index in [-0.39, 0.29) is 6.04 Å². The van der Waals surface area contributed by atoms with Crippen LogP contribution < -0.4 is 10.6 Å². The number of hydrogen-bond donors (Lipinski definition) is 2. The molecule has 2 N–H and O–H groups in total. The van der Waals surface area contributed by atoms with Crippen LogP contribution >= 0.6 is 0 Å². The van der Waals surface area contributed by atoms with Gasteiger partial charge in [0.2, 0.25) is 0 Å². The van der Waals surface area contributed by atoms with Crippen LogP contribution in [0.2, 0.25) is 0 Å². The molecule has 0 fully saturated rings. The van der Waals surface area contributed by atoms with Crippen LogP contribution in [0, 0.1) is 6.92 Å². The number of methoxy groups -OCH3 is 1. The Morgan fingerprint density at radius 2 is 2.11 bits per heavy atom. The second kappa shape index (κ2) is 8.53. The predicted molar refractivity (Wildman–Crippen MR) is 80.5 cm³/mol. The van der Waals surface area contributed by atoms with Crippen molar-refractivity contribution >= 4 is 5.96 Å². The molecule has 4 nitrogen and oxygen atoms in total. The van der Waals surface area contributed by atoms with E-state index in [9.17, 15) is 0 Å². The molecule has 0 aromatic heterocycles. The summed E-state index contributed by atoms with van der Waals surface area (Å²) >= 11 is 0. The molecule has 1 aromatic carbocycles. The summed E-state index contributed by atoms with van der Waals surface area (Å²) in [4.78, 5) is 4.61. The second-order valence-electron chi connectivity index (χ2n) is 4.62. The average molecular weight is 263 g/mol. The molecule has 1 aromatic rings. The molecule has 106 valence electrons. The van der Waals surface area contributed by atoms with Crippen molar-refractivity contribution in [2.45, 2.75) is 33.4 Å². The van der Waals surface area contributed by atoms with Crippen molar-refractivity contribution in [3.63, 3.8) is 0 Å². The van der Waals surface area contributed by atoms with Crippen LogP contribution in [0.15, 0.2) is 29.3 Å². The summed E-state index contributed by atoms with van der Waals surface area (Å²) in [7, 11) is 1.70. The molecule has 0 aliphatic rings. The second-order valence-corrected chi connectivity index (χ2v) is 4.62. The fraction of sp³-hybridized carbons (Fsp3) is 0.533. The first kappa shape index (κ1) is 15.5. The molecule has 1 unspecified atom stereocenters. The highest BCUT2D eigenvalue weighted by atomic mass is 16.5. The van der Waals surface area contributed by atoms with Crippen LogP contribution in [0.4, 0.5) is 0 Å². The minimum atomic E-state index is 0.236. The summed E-state index contributed by atoms with van der Waals surface area (Å²) in [5, 5.41) is 6.57. The lowest BCUT2D eigenvalue weighted by Gasteiger charge is -2.17. The van der Waals surface area contributed by atoms with Gasteiger partial charge in [-0.25, -0.2) is 4.99 Å². The Balaban J connectivity index is 2.65. The van der Waals surface area contributed by atoms with Gasteiger partial charge in [-0.05, 0) is 31.9 Å². The molecular formula is C15H25N3O. The van der Waals surface area contributed by atoms with Gasteiger partial charge in [-0.15, -0.1) is 0 Å². The molecule has 1 atom stereocenters. The lowest BCUT2D eigenvalue weighted by atomic mass is 10.1. The van der Waals surface area contributed by atoms with E-state index in [0.717, 1.165) is 12.5 Å². The summed E-state index contributed by atoms with van der Waals surface area (Å²) in [6.45, 7) is 8.44. The van der Waals surface area contributed by atoms with E-state index in [1.807, 2.05) is 12.1 Å². The smallest absolute Gasteiger partial charge is 0.191 e. The van der Waals surface area contributed by atoms with Gasteiger partial charge in [-0.1, -0.05) is 24.3 Å². The number of guanidine groups is 1. The molecule has 19 heavy (non-hydrogen) atoms. The van der Waals surface area contributed by atoms with Gasteiger partial charge >= 0.3 is 0 Å². The average Bonchev–Trinajstić information content (AvgIpc) is 2.38. The third-order valence-corrected chi connectivity index (χ3v) is 2.81. The number of nitrogens with one attached hydrogen (secondary N) is 2. The molecule has 0 bridgehead atoms. The maximum Gasteiger partial charge on any atom is 0.191 e. The predicted octanol–water partition coefficient (Wildman–Crippen LogP) is 2.09. The number of rotatable bonds is 6. The monoisotopic (exact) mass is 263 g/mol. The lowest BCUT2D eigenvalue weighted by molar-refractivity contribution is 0.179. The van der Waals surface area contributed by atoms with E-state index < -0.39 is 0 Å². The van der Waals surface area contributed by atoms with Crippen molar-refractivity contribution in [1.29, 1.82) is 0 Å². The first-order chi connectivity index (χ1) is 9.17. The highest BCUT2D eigenvalue weighted by Crippen LogP contribution is 2.07. The largest absolute Gasteiger partial charge is 0.383 e. The number of ether oxygens (including phenoxy) is 1. The van der Waals surface area contributed by atoms with Crippen LogP contribution in [-0.2, 0) is 11.3 Å². The van der Waals surface area contributed by atoms with Crippen molar-refractivity contribution < 1.29 is 4.74 Å². The summed E-state index contributed by atoms with van der Waals surface area (Å²) in [6.07, 6.45) is 0. The Morgan fingerprint density at radius 3 is 2.74 bits per heavy atom. The molecule has 0 aliphatic carbocycles. The van der Waals surface area contributed by atoms with Crippen molar-refractivity contribution in [2.24, 2.45) is 4.99 Å². The molecule has 0 heterocycles. The zero-order valence-corrected chi connectivity index (χ0v) is 12.4. The van der Waals surface area contributed by atoms with Crippen molar-refractivity contribution in [3.8, 4) is 0 Å². The van der Waals surface area contributed by atoms with Gasteiger partial charge in [-0.3, -0.25) is 0 Å².